The lowest BCUT2D eigenvalue weighted by Gasteiger charge is -2.24. The highest BCUT2D eigenvalue weighted by atomic mass is 19.3. The van der Waals surface area contributed by atoms with Gasteiger partial charge in [-0.25, -0.2) is 27.9 Å². The number of nitrogens with zero attached hydrogens (tertiary/aromatic N) is 4. The molecule has 4 amide bonds. The number of amides is 4. The highest BCUT2D eigenvalue weighted by Gasteiger charge is 2.51. The number of ether oxygens (including phenoxy) is 1. The van der Waals surface area contributed by atoms with Crippen LogP contribution in [0.15, 0.2) is 18.5 Å². The van der Waals surface area contributed by atoms with Crippen LogP contribution in [0.5, 0.6) is 0 Å². The molecule has 4 rings (SSSR count). The van der Waals surface area contributed by atoms with Crippen LogP contribution < -0.4 is 20.9 Å². The number of alkyl carbamates (subject to hydrolysis) is 1. The molecule has 1 unspecified atom stereocenters. The molecular weight excluding hydrogens is 416 g/mol. The molecule has 0 aromatic carbocycles. The van der Waals surface area contributed by atoms with Crippen molar-refractivity contribution in [2.45, 2.75) is 37.8 Å². The number of anilines is 1. The lowest BCUT2D eigenvalue weighted by atomic mass is 10.0. The fraction of sp³-hybridized carbons (Fsp3) is 0.500. The Kier molecular flexibility index (Phi) is 5.11. The van der Waals surface area contributed by atoms with Crippen molar-refractivity contribution in [1.29, 1.82) is 0 Å². The minimum atomic E-state index is -3.29. The van der Waals surface area contributed by atoms with Gasteiger partial charge in [-0.1, -0.05) is 0 Å². The number of imide groups is 1. The van der Waals surface area contributed by atoms with Crippen LogP contribution in [0, 0.1) is 0 Å². The van der Waals surface area contributed by atoms with Crippen molar-refractivity contribution in [3.63, 3.8) is 0 Å². The Morgan fingerprint density at radius 2 is 2.16 bits per heavy atom. The Morgan fingerprint density at radius 3 is 2.87 bits per heavy atom. The summed E-state index contributed by atoms with van der Waals surface area (Å²) in [5.74, 6) is -4.63. The van der Waals surface area contributed by atoms with E-state index in [9.17, 15) is 23.2 Å². The van der Waals surface area contributed by atoms with Crippen molar-refractivity contribution in [3.8, 4) is 0 Å². The first kappa shape index (κ1) is 20.8. The maximum atomic E-state index is 14.6. The number of hydrogen-bond donors (Lipinski definition) is 3. The van der Waals surface area contributed by atoms with Gasteiger partial charge in [-0.05, 0) is 19.9 Å². The van der Waals surface area contributed by atoms with Crippen molar-refractivity contribution in [3.05, 3.63) is 24.2 Å². The fourth-order valence-electron chi connectivity index (χ4n) is 3.55. The summed E-state index contributed by atoms with van der Waals surface area (Å²) in [7, 11) is 0. The lowest BCUT2D eigenvalue weighted by Crippen LogP contribution is -2.51. The van der Waals surface area contributed by atoms with Gasteiger partial charge in [0, 0.05) is 25.0 Å². The van der Waals surface area contributed by atoms with Gasteiger partial charge in [-0.15, -0.1) is 0 Å². The van der Waals surface area contributed by atoms with Crippen molar-refractivity contribution in [2.24, 2.45) is 0 Å². The van der Waals surface area contributed by atoms with Gasteiger partial charge in [0.05, 0.1) is 30.4 Å². The Balaban J connectivity index is 1.63. The van der Waals surface area contributed by atoms with E-state index in [4.69, 9.17) is 4.74 Å². The van der Waals surface area contributed by atoms with Gasteiger partial charge in [0.25, 0.3) is 0 Å². The summed E-state index contributed by atoms with van der Waals surface area (Å²) in [6, 6.07) is 0.633. The molecule has 4 heterocycles. The van der Waals surface area contributed by atoms with Crippen LogP contribution in [0.3, 0.4) is 0 Å². The van der Waals surface area contributed by atoms with Crippen LogP contribution in [0.1, 0.15) is 25.5 Å². The molecule has 2 aromatic heterocycles. The topological polar surface area (TPSA) is 130 Å². The van der Waals surface area contributed by atoms with Crippen molar-refractivity contribution >= 4 is 29.4 Å². The van der Waals surface area contributed by atoms with E-state index >= 15 is 0 Å². The summed E-state index contributed by atoms with van der Waals surface area (Å²) < 4.78 is 35.6. The average molecular weight is 437 g/mol. The zero-order chi connectivity index (χ0) is 22.3. The quantitative estimate of drug-likeness (QED) is 0.639. The molecule has 2 fully saturated rings. The molecule has 2 saturated heterocycles. The first-order chi connectivity index (χ1) is 14.6. The third-order valence-corrected chi connectivity index (χ3v) is 4.99. The maximum absolute atomic E-state index is 14.6. The number of nitrogens with one attached hydrogen (secondary N) is 3. The predicted molar refractivity (Wildman–Crippen MR) is 103 cm³/mol. The Bertz CT molecular complexity index is 1040. The van der Waals surface area contributed by atoms with E-state index in [2.05, 4.69) is 26.0 Å². The van der Waals surface area contributed by atoms with Gasteiger partial charge in [-0.2, -0.15) is 5.10 Å². The van der Waals surface area contributed by atoms with Gasteiger partial charge in [0.15, 0.2) is 11.8 Å². The van der Waals surface area contributed by atoms with Gasteiger partial charge in [0.2, 0.25) is 5.91 Å². The third-order valence-electron chi connectivity index (χ3n) is 4.99. The zero-order valence-electron chi connectivity index (χ0n) is 16.8. The van der Waals surface area contributed by atoms with Gasteiger partial charge in [0.1, 0.15) is 0 Å². The van der Waals surface area contributed by atoms with Crippen LogP contribution in [0.2, 0.25) is 0 Å². The first-order valence-corrected chi connectivity index (χ1v) is 9.67. The standard InChI is InChI=1S/C18H21F2N7O4/c1-9(2)23-17(30)31-13-7-26(8-18(13,19)20)12-5-11(25-27-4-3-21-14(12)27)10-6-22-16(29)24-15(10)28/h3-5,9-10,13H,6-8H2,1-2H3,(H,23,30)(H2,22,24,28,29)/t10?,13-/m0/s1. The smallest absolute Gasteiger partial charge is 0.407 e. The van der Waals surface area contributed by atoms with Gasteiger partial charge in [-0.3, -0.25) is 10.1 Å². The van der Waals surface area contributed by atoms with Crippen LogP contribution in [0.4, 0.5) is 24.1 Å². The second-order valence-corrected chi connectivity index (χ2v) is 7.74. The van der Waals surface area contributed by atoms with E-state index in [1.807, 2.05) is 0 Å². The Morgan fingerprint density at radius 1 is 1.39 bits per heavy atom. The van der Waals surface area contributed by atoms with E-state index in [1.165, 1.54) is 27.9 Å². The monoisotopic (exact) mass is 437 g/mol. The molecule has 31 heavy (non-hydrogen) atoms. The van der Waals surface area contributed by atoms with Crippen molar-refractivity contribution < 1.29 is 27.9 Å². The first-order valence-electron chi connectivity index (χ1n) is 9.67. The molecule has 0 aliphatic carbocycles. The summed E-state index contributed by atoms with van der Waals surface area (Å²) in [5, 5.41) is 11.4. The summed E-state index contributed by atoms with van der Waals surface area (Å²) in [4.78, 5) is 41.0. The van der Waals surface area contributed by atoms with Crippen molar-refractivity contribution in [2.75, 3.05) is 24.5 Å². The number of alkyl halides is 2. The highest BCUT2D eigenvalue weighted by Crippen LogP contribution is 2.35. The SMILES string of the molecule is CC(C)NC(=O)O[C@H]1CN(c2cc(C3CNC(=O)NC3=O)nn3ccnc23)CC1(F)F. The number of aromatic nitrogens is 3. The number of fused-ring (bicyclic) bond motifs is 1. The molecule has 0 spiro atoms. The van der Waals surface area contributed by atoms with E-state index < -0.39 is 42.5 Å². The molecule has 2 aliphatic rings. The minimum absolute atomic E-state index is 0.0224. The number of halogens is 2. The highest BCUT2D eigenvalue weighted by molar-refractivity contribution is 6.00. The van der Waals surface area contributed by atoms with Crippen LogP contribution in [-0.2, 0) is 9.53 Å². The van der Waals surface area contributed by atoms with E-state index in [0.29, 0.717) is 11.3 Å². The molecule has 2 aliphatic heterocycles. The van der Waals surface area contributed by atoms with E-state index in [-0.39, 0.29) is 24.8 Å². The summed E-state index contributed by atoms with van der Waals surface area (Å²) in [5.41, 5.74) is 0.907. The Hall–Kier alpha value is -3.51. The Labute approximate surface area is 175 Å². The van der Waals surface area contributed by atoms with Crippen LogP contribution in [-0.4, -0.2) is 70.3 Å². The molecule has 11 nitrogen and oxygen atoms in total. The lowest BCUT2D eigenvalue weighted by molar-refractivity contribution is -0.122. The molecular formula is C18H21F2N7O4. The molecule has 3 N–H and O–H groups in total. The maximum Gasteiger partial charge on any atom is 0.407 e. The van der Waals surface area contributed by atoms with Gasteiger partial charge < -0.3 is 20.3 Å². The second-order valence-electron chi connectivity index (χ2n) is 7.74. The molecule has 166 valence electrons. The van der Waals surface area contributed by atoms with E-state index in [0.717, 1.165) is 0 Å². The minimum Gasteiger partial charge on any atom is -0.438 e. The van der Waals surface area contributed by atoms with Crippen LogP contribution >= 0.6 is 0 Å². The number of urea groups is 1. The fourth-order valence-corrected chi connectivity index (χ4v) is 3.55. The number of imidazole rings is 1. The number of hydrogen-bond acceptors (Lipinski definition) is 7. The largest absolute Gasteiger partial charge is 0.438 e. The van der Waals surface area contributed by atoms with E-state index in [1.54, 1.807) is 13.8 Å². The molecule has 2 aromatic rings. The third kappa shape index (κ3) is 4.07. The summed E-state index contributed by atoms with van der Waals surface area (Å²) in [6.07, 6.45) is 0.406. The second kappa shape index (κ2) is 7.63. The predicted octanol–water partition coefficient (Wildman–Crippen LogP) is 0.611. The number of carbonyl (C=O) groups excluding carboxylic acids is 3. The molecule has 0 radical (unpaired) electrons. The summed E-state index contributed by atoms with van der Waals surface area (Å²) in [6.45, 7) is 2.44. The normalized spacial score (nSPS) is 23.1. The molecule has 0 saturated carbocycles. The van der Waals surface area contributed by atoms with Crippen molar-refractivity contribution in [1.82, 2.24) is 30.5 Å². The number of carbonyl (C=O) groups is 3. The molecule has 13 heteroatoms. The molecule has 0 bridgehead atoms. The molecule has 2 atom stereocenters. The number of rotatable bonds is 4. The van der Waals surface area contributed by atoms with Gasteiger partial charge >= 0.3 is 18.0 Å². The zero-order valence-corrected chi connectivity index (χ0v) is 16.8. The average Bonchev–Trinajstić information content (AvgIpc) is 3.24. The summed E-state index contributed by atoms with van der Waals surface area (Å²) >= 11 is 0. The van der Waals surface area contributed by atoms with Crippen LogP contribution in [0.25, 0.3) is 5.65 Å².